The summed E-state index contributed by atoms with van der Waals surface area (Å²) in [7, 11) is 1.70. The lowest BCUT2D eigenvalue weighted by Crippen LogP contribution is -2.49. The minimum absolute atomic E-state index is 0.00211. The van der Waals surface area contributed by atoms with Gasteiger partial charge >= 0.3 is 5.69 Å². The molecule has 2 heterocycles. The molecule has 1 saturated heterocycles. The Balaban J connectivity index is 2.02. The van der Waals surface area contributed by atoms with Gasteiger partial charge in [-0.25, -0.2) is 4.98 Å². The van der Waals surface area contributed by atoms with Gasteiger partial charge in [-0.15, -0.1) is 0 Å². The lowest BCUT2D eigenvalue weighted by atomic mass is 10.3. The first-order valence-corrected chi connectivity index (χ1v) is 6.59. The molecule has 1 aromatic rings. The van der Waals surface area contributed by atoms with Crippen LogP contribution in [0.15, 0.2) is 12.1 Å². The molecule has 21 heavy (non-hydrogen) atoms. The van der Waals surface area contributed by atoms with Gasteiger partial charge in [-0.3, -0.25) is 14.9 Å². The number of carbonyl (C=O) groups excluding carboxylic acids is 1. The molecule has 1 amide bonds. The van der Waals surface area contributed by atoms with Crippen LogP contribution in [-0.4, -0.2) is 60.5 Å². The predicted octanol–water partition coefficient (Wildman–Crippen LogP) is -0.560. The molecule has 1 aliphatic heterocycles. The highest BCUT2D eigenvalue weighted by Crippen LogP contribution is 2.22. The van der Waals surface area contributed by atoms with Crippen LogP contribution in [0, 0.1) is 10.1 Å². The van der Waals surface area contributed by atoms with Crippen molar-refractivity contribution >= 4 is 23.2 Å². The molecule has 0 atom stereocenters. The summed E-state index contributed by atoms with van der Waals surface area (Å²) in [6.07, 6.45) is 0. The van der Waals surface area contributed by atoms with E-state index in [0.717, 1.165) is 13.1 Å². The van der Waals surface area contributed by atoms with Gasteiger partial charge in [0.05, 0.1) is 11.5 Å². The Bertz CT molecular complexity index is 544. The normalized spacial score (nSPS) is 14.8. The molecule has 0 aromatic carbocycles. The number of hydrogen-bond acceptors (Lipinski definition) is 7. The molecular weight excluding hydrogens is 276 g/mol. The molecule has 0 bridgehead atoms. The molecule has 9 heteroatoms. The summed E-state index contributed by atoms with van der Waals surface area (Å²) in [6.45, 7) is 3.10. The number of rotatable bonds is 4. The molecule has 0 saturated carbocycles. The molecule has 3 N–H and O–H groups in total. The van der Waals surface area contributed by atoms with Gasteiger partial charge < -0.3 is 20.9 Å². The number of pyridine rings is 1. The third kappa shape index (κ3) is 3.57. The lowest BCUT2D eigenvalue weighted by Gasteiger charge is -2.29. The van der Waals surface area contributed by atoms with Crippen LogP contribution < -0.4 is 16.0 Å². The van der Waals surface area contributed by atoms with Gasteiger partial charge in [0.15, 0.2) is 0 Å². The summed E-state index contributed by atoms with van der Waals surface area (Å²) in [6, 6.07) is 2.78. The number of nitrogens with one attached hydrogen (secondary N) is 1. The van der Waals surface area contributed by atoms with E-state index in [0.29, 0.717) is 18.9 Å². The maximum absolute atomic E-state index is 12.1. The van der Waals surface area contributed by atoms with Crippen molar-refractivity contribution in [3.05, 3.63) is 22.2 Å². The Labute approximate surface area is 121 Å². The van der Waals surface area contributed by atoms with E-state index in [2.05, 4.69) is 10.3 Å². The molecule has 9 nitrogen and oxygen atoms in total. The van der Waals surface area contributed by atoms with Crippen LogP contribution in [0.2, 0.25) is 0 Å². The first kappa shape index (κ1) is 15.0. The summed E-state index contributed by atoms with van der Waals surface area (Å²) in [5, 5.41) is 13.9. The van der Waals surface area contributed by atoms with Crippen LogP contribution in [0.5, 0.6) is 0 Å². The molecule has 0 aliphatic carbocycles. The second-order valence-electron chi connectivity index (χ2n) is 4.82. The lowest BCUT2D eigenvalue weighted by molar-refractivity contribution is -0.384. The minimum atomic E-state index is -0.585. The number of nitrogens with zero attached hydrogens (tertiary/aromatic N) is 4. The number of nitro groups is 1. The van der Waals surface area contributed by atoms with Crippen molar-refractivity contribution in [2.45, 2.75) is 0 Å². The van der Waals surface area contributed by atoms with Crippen molar-refractivity contribution < 1.29 is 9.72 Å². The second-order valence-corrected chi connectivity index (χ2v) is 4.82. The summed E-state index contributed by atoms with van der Waals surface area (Å²) >= 11 is 0. The third-order valence-electron chi connectivity index (χ3n) is 3.32. The van der Waals surface area contributed by atoms with E-state index in [-0.39, 0.29) is 24.0 Å². The second kappa shape index (κ2) is 6.35. The number of amides is 1. The molecule has 0 unspecified atom stereocenters. The molecule has 1 aliphatic rings. The largest absolute Gasteiger partial charge is 0.378 e. The zero-order valence-electron chi connectivity index (χ0n) is 11.8. The molecule has 0 radical (unpaired) electrons. The average molecular weight is 294 g/mol. The molecular formula is C12H18N6O3. The van der Waals surface area contributed by atoms with Gasteiger partial charge in [0.25, 0.3) is 0 Å². The van der Waals surface area contributed by atoms with E-state index in [1.165, 1.54) is 12.1 Å². The highest BCUT2D eigenvalue weighted by Gasteiger charge is 2.19. The number of anilines is 2. The monoisotopic (exact) mass is 294 g/mol. The Morgan fingerprint density at radius 3 is 2.76 bits per heavy atom. The number of nitrogens with two attached hydrogens (primary N) is 1. The van der Waals surface area contributed by atoms with Crippen LogP contribution in [0.4, 0.5) is 17.3 Å². The van der Waals surface area contributed by atoms with Gasteiger partial charge in [0.2, 0.25) is 11.7 Å². The molecule has 2 rings (SSSR count). The standard InChI is InChI=1S/C12H18N6O3/c1-16(8-11(19)17-6-4-14-5-7-17)10-3-2-9(18(20)21)12(13)15-10/h2-3,14H,4-8H2,1H3,(H2,13,15). The highest BCUT2D eigenvalue weighted by molar-refractivity contribution is 5.81. The molecule has 0 spiro atoms. The van der Waals surface area contributed by atoms with Crippen molar-refractivity contribution in [2.75, 3.05) is 50.4 Å². The number of aromatic nitrogens is 1. The first-order chi connectivity index (χ1) is 9.99. The smallest absolute Gasteiger partial charge is 0.311 e. The Morgan fingerprint density at radius 1 is 1.52 bits per heavy atom. The number of piperazine rings is 1. The SMILES string of the molecule is CN(CC(=O)N1CCNCC1)c1ccc([N+](=O)[O-])c(N)n1. The Kier molecular flexibility index (Phi) is 4.53. The van der Waals surface area contributed by atoms with E-state index in [1.807, 2.05) is 0 Å². The number of nitrogen functional groups attached to an aromatic ring is 1. The fourth-order valence-corrected chi connectivity index (χ4v) is 2.12. The van der Waals surface area contributed by atoms with Gasteiger partial charge in [0.1, 0.15) is 5.82 Å². The van der Waals surface area contributed by atoms with Crippen LogP contribution in [0.1, 0.15) is 0 Å². The molecule has 114 valence electrons. The fourth-order valence-electron chi connectivity index (χ4n) is 2.12. The maximum Gasteiger partial charge on any atom is 0.311 e. The van der Waals surface area contributed by atoms with Crippen molar-refractivity contribution in [1.29, 1.82) is 0 Å². The van der Waals surface area contributed by atoms with Crippen LogP contribution in [0.25, 0.3) is 0 Å². The summed E-state index contributed by atoms with van der Waals surface area (Å²) in [4.78, 5) is 29.6. The first-order valence-electron chi connectivity index (χ1n) is 6.59. The van der Waals surface area contributed by atoms with E-state index in [1.54, 1.807) is 16.8 Å². The van der Waals surface area contributed by atoms with E-state index in [9.17, 15) is 14.9 Å². The van der Waals surface area contributed by atoms with Crippen LogP contribution in [-0.2, 0) is 4.79 Å². The third-order valence-corrected chi connectivity index (χ3v) is 3.32. The number of carbonyl (C=O) groups is 1. The maximum atomic E-state index is 12.1. The highest BCUT2D eigenvalue weighted by atomic mass is 16.6. The quantitative estimate of drug-likeness (QED) is 0.564. The van der Waals surface area contributed by atoms with Gasteiger partial charge in [-0.2, -0.15) is 0 Å². The number of likely N-dealkylation sites (N-methyl/N-ethyl adjacent to an activating group) is 1. The Hall–Kier alpha value is -2.42. The van der Waals surface area contributed by atoms with Crippen LogP contribution >= 0.6 is 0 Å². The summed E-state index contributed by atoms with van der Waals surface area (Å²) in [5.41, 5.74) is 5.32. The van der Waals surface area contributed by atoms with Crippen molar-refractivity contribution in [1.82, 2.24) is 15.2 Å². The minimum Gasteiger partial charge on any atom is -0.378 e. The van der Waals surface area contributed by atoms with Gasteiger partial charge in [-0.1, -0.05) is 0 Å². The van der Waals surface area contributed by atoms with Crippen molar-refractivity contribution in [2.24, 2.45) is 0 Å². The molecule has 1 aromatic heterocycles. The number of hydrogen-bond donors (Lipinski definition) is 2. The average Bonchev–Trinajstić information content (AvgIpc) is 2.47. The fraction of sp³-hybridized carbons (Fsp3) is 0.500. The summed E-state index contributed by atoms with van der Waals surface area (Å²) in [5.74, 6) is 0.276. The van der Waals surface area contributed by atoms with E-state index < -0.39 is 4.92 Å². The van der Waals surface area contributed by atoms with Crippen LogP contribution in [0.3, 0.4) is 0 Å². The van der Waals surface area contributed by atoms with Crippen molar-refractivity contribution in [3.63, 3.8) is 0 Å². The summed E-state index contributed by atoms with van der Waals surface area (Å²) < 4.78 is 0. The predicted molar refractivity (Wildman–Crippen MR) is 78.0 cm³/mol. The van der Waals surface area contributed by atoms with E-state index >= 15 is 0 Å². The van der Waals surface area contributed by atoms with Gasteiger partial charge in [-0.05, 0) is 6.07 Å². The Morgan fingerprint density at radius 2 is 2.19 bits per heavy atom. The van der Waals surface area contributed by atoms with E-state index in [4.69, 9.17) is 5.73 Å². The van der Waals surface area contributed by atoms with Gasteiger partial charge in [0, 0.05) is 39.3 Å². The van der Waals surface area contributed by atoms with Crippen molar-refractivity contribution in [3.8, 4) is 0 Å². The zero-order chi connectivity index (χ0) is 15.4. The molecule has 1 fully saturated rings. The topological polar surface area (TPSA) is 118 Å². The zero-order valence-corrected chi connectivity index (χ0v) is 11.8.